The molecule has 0 unspecified atom stereocenters. The molecule has 3 aromatic heterocycles. The molecule has 1 saturated heterocycles. The Morgan fingerprint density at radius 1 is 1.19 bits per heavy atom. The molecule has 12 heteroatoms. The van der Waals surface area contributed by atoms with Crippen molar-refractivity contribution in [3.8, 4) is 5.75 Å². The average Bonchev–Trinajstić information content (AvgIpc) is 3.25. The molecule has 1 aliphatic heterocycles. The van der Waals surface area contributed by atoms with Crippen LogP contribution in [0.5, 0.6) is 5.75 Å². The van der Waals surface area contributed by atoms with Crippen LogP contribution in [-0.2, 0) is 11.0 Å². The molecular formula is C25H28F3N5O4. The maximum absolute atomic E-state index is 13.0. The van der Waals surface area contributed by atoms with E-state index in [-0.39, 0.29) is 29.8 Å². The van der Waals surface area contributed by atoms with Crippen molar-refractivity contribution in [3.63, 3.8) is 0 Å². The van der Waals surface area contributed by atoms with Crippen LogP contribution in [0.1, 0.15) is 60.9 Å². The Morgan fingerprint density at radius 2 is 1.92 bits per heavy atom. The number of halogens is 3. The lowest BCUT2D eigenvalue weighted by atomic mass is 9.94. The van der Waals surface area contributed by atoms with Gasteiger partial charge in [0.1, 0.15) is 28.5 Å². The third kappa shape index (κ3) is 6.56. The molecule has 198 valence electrons. The first kappa shape index (κ1) is 26.4. The van der Waals surface area contributed by atoms with E-state index in [1.165, 1.54) is 6.07 Å². The van der Waals surface area contributed by atoms with Crippen LogP contribution in [0.4, 0.5) is 18.9 Å². The zero-order chi connectivity index (χ0) is 26.7. The Kier molecular flexibility index (Phi) is 7.67. The number of aromatic nitrogens is 3. The normalized spacial score (nSPS) is 15.3. The predicted molar refractivity (Wildman–Crippen MR) is 129 cm³/mol. The summed E-state index contributed by atoms with van der Waals surface area (Å²) >= 11 is 0. The Balaban J connectivity index is 1.55. The number of hydrogen-bond acceptors (Lipinski definition) is 6. The van der Waals surface area contributed by atoms with Gasteiger partial charge >= 0.3 is 12.1 Å². The maximum atomic E-state index is 13.0. The Bertz CT molecular complexity index is 1280. The van der Waals surface area contributed by atoms with Gasteiger partial charge in [0.2, 0.25) is 0 Å². The number of aliphatic carboxylic acids is 1. The first-order valence-corrected chi connectivity index (χ1v) is 12.0. The summed E-state index contributed by atoms with van der Waals surface area (Å²) in [7, 11) is 0. The molecule has 1 amide bonds. The summed E-state index contributed by atoms with van der Waals surface area (Å²) in [6.45, 7) is 5.71. The zero-order valence-corrected chi connectivity index (χ0v) is 20.5. The quantitative estimate of drug-likeness (QED) is 0.453. The van der Waals surface area contributed by atoms with Crippen molar-refractivity contribution in [1.29, 1.82) is 0 Å². The van der Waals surface area contributed by atoms with Crippen molar-refractivity contribution in [3.05, 3.63) is 53.7 Å². The fourth-order valence-electron chi connectivity index (χ4n) is 4.29. The van der Waals surface area contributed by atoms with Crippen LogP contribution >= 0.6 is 0 Å². The number of ether oxygens (including phenoxy) is 1. The van der Waals surface area contributed by atoms with Crippen molar-refractivity contribution in [2.24, 2.45) is 0 Å². The summed E-state index contributed by atoms with van der Waals surface area (Å²) in [4.78, 5) is 33.9. The van der Waals surface area contributed by atoms with Gasteiger partial charge in [-0.1, -0.05) is 6.07 Å². The zero-order valence-electron chi connectivity index (χ0n) is 20.5. The summed E-state index contributed by atoms with van der Waals surface area (Å²) < 4.78 is 46.7. The Morgan fingerprint density at radius 3 is 2.57 bits per heavy atom. The molecule has 0 aliphatic carbocycles. The number of pyridine rings is 2. The largest absolute Gasteiger partial charge is 0.489 e. The molecule has 37 heavy (non-hydrogen) atoms. The summed E-state index contributed by atoms with van der Waals surface area (Å²) in [6.07, 6.45) is 0.381. The summed E-state index contributed by atoms with van der Waals surface area (Å²) in [5.74, 6) is -1.08. The number of imidazole rings is 1. The van der Waals surface area contributed by atoms with E-state index in [0.717, 1.165) is 43.8 Å². The smallest absolute Gasteiger partial charge is 0.433 e. The third-order valence-electron chi connectivity index (χ3n) is 6.10. The molecule has 2 N–H and O–H groups in total. The van der Waals surface area contributed by atoms with Crippen LogP contribution in [0.3, 0.4) is 0 Å². The number of nitrogens with zero attached hydrogens (tertiary/aromatic N) is 4. The number of likely N-dealkylation sites (tertiary alicyclic amines) is 1. The average molecular weight is 520 g/mol. The number of piperidine rings is 1. The van der Waals surface area contributed by atoms with E-state index in [4.69, 9.17) is 14.8 Å². The van der Waals surface area contributed by atoms with E-state index in [1.807, 2.05) is 20.0 Å². The monoisotopic (exact) mass is 519 g/mol. The minimum Gasteiger partial charge on any atom is -0.489 e. The molecular weight excluding hydrogens is 491 g/mol. The number of carbonyl (C=O) groups excluding carboxylic acids is 1. The van der Waals surface area contributed by atoms with E-state index >= 15 is 0 Å². The van der Waals surface area contributed by atoms with Gasteiger partial charge in [-0.15, -0.1) is 0 Å². The summed E-state index contributed by atoms with van der Waals surface area (Å²) in [5, 5.41) is 11.5. The number of rotatable bonds is 8. The molecule has 9 nitrogen and oxygen atoms in total. The molecule has 0 bridgehead atoms. The molecule has 1 fully saturated rings. The van der Waals surface area contributed by atoms with Crippen molar-refractivity contribution in [1.82, 2.24) is 19.3 Å². The third-order valence-corrected chi connectivity index (χ3v) is 6.10. The second-order valence-electron chi connectivity index (χ2n) is 9.27. The number of nitrogens with one attached hydrogen (secondary N) is 1. The molecule has 4 rings (SSSR count). The molecule has 0 radical (unpaired) electrons. The van der Waals surface area contributed by atoms with Gasteiger partial charge in [-0.25, -0.2) is 9.97 Å². The lowest BCUT2D eigenvalue weighted by Gasteiger charge is -2.30. The molecule has 0 aromatic carbocycles. The molecule has 0 spiro atoms. The second-order valence-corrected chi connectivity index (χ2v) is 9.27. The van der Waals surface area contributed by atoms with Gasteiger partial charge in [0.15, 0.2) is 0 Å². The van der Waals surface area contributed by atoms with E-state index in [2.05, 4.69) is 15.2 Å². The van der Waals surface area contributed by atoms with Gasteiger partial charge in [-0.05, 0) is 51.9 Å². The van der Waals surface area contributed by atoms with Gasteiger partial charge in [0.05, 0.1) is 18.2 Å². The number of fused-ring (bicyclic) bond motifs is 1. The summed E-state index contributed by atoms with van der Waals surface area (Å²) in [6, 6.07) is 4.83. The van der Waals surface area contributed by atoms with Crippen molar-refractivity contribution >= 4 is 23.2 Å². The van der Waals surface area contributed by atoms with Gasteiger partial charge in [-0.3, -0.25) is 9.59 Å². The fraction of sp³-hybridized carbons (Fsp3) is 0.440. The number of carboxylic acids is 1. The lowest BCUT2D eigenvalue weighted by molar-refractivity contribution is -0.141. The van der Waals surface area contributed by atoms with Crippen LogP contribution in [0, 0.1) is 0 Å². The highest BCUT2D eigenvalue weighted by Gasteiger charge is 2.33. The molecule has 0 saturated carbocycles. The van der Waals surface area contributed by atoms with Gasteiger partial charge in [0, 0.05) is 30.9 Å². The minimum atomic E-state index is -4.67. The van der Waals surface area contributed by atoms with E-state index in [9.17, 15) is 22.8 Å². The van der Waals surface area contributed by atoms with Gasteiger partial charge < -0.3 is 24.5 Å². The van der Waals surface area contributed by atoms with Crippen LogP contribution < -0.4 is 10.1 Å². The SMILES string of the molecule is CC(C)Oc1cc2nc(C3CCN(CCC(=O)O)CC3)cn2cc1NC(=O)c1cccc(C(F)(F)F)n1. The second kappa shape index (κ2) is 10.8. The number of alkyl halides is 3. The standard InChI is InChI=1S/C25H28F3N5O4/c1-15(2)37-20-12-22-30-18(16-6-9-32(10-7-16)11-8-23(34)35)13-33(22)14-19(20)31-24(36)17-4-3-5-21(29-17)25(26,27)28/h3-5,12-16H,6-11H2,1-2H3,(H,31,36)(H,34,35). The minimum absolute atomic E-state index is 0.113. The van der Waals surface area contributed by atoms with E-state index < -0.39 is 23.7 Å². The van der Waals surface area contributed by atoms with E-state index in [0.29, 0.717) is 17.9 Å². The van der Waals surface area contributed by atoms with Crippen LogP contribution in [-0.4, -0.2) is 62.0 Å². The van der Waals surface area contributed by atoms with Crippen LogP contribution in [0.2, 0.25) is 0 Å². The van der Waals surface area contributed by atoms with Gasteiger partial charge in [0.25, 0.3) is 5.91 Å². The topological polar surface area (TPSA) is 109 Å². The number of hydrogen-bond donors (Lipinski definition) is 2. The first-order chi connectivity index (χ1) is 17.5. The van der Waals surface area contributed by atoms with Crippen molar-refractivity contribution in [2.75, 3.05) is 25.0 Å². The van der Waals surface area contributed by atoms with Crippen molar-refractivity contribution in [2.45, 2.75) is 51.3 Å². The Labute approximate surface area is 211 Å². The molecule has 4 heterocycles. The van der Waals surface area contributed by atoms with Crippen molar-refractivity contribution < 1.29 is 32.6 Å². The first-order valence-electron chi connectivity index (χ1n) is 12.0. The maximum Gasteiger partial charge on any atom is 0.433 e. The lowest BCUT2D eigenvalue weighted by Crippen LogP contribution is -2.34. The number of amides is 1. The summed E-state index contributed by atoms with van der Waals surface area (Å²) in [5.41, 5.74) is 0.234. The highest BCUT2D eigenvalue weighted by atomic mass is 19.4. The van der Waals surface area contributed by atoms with E-state index in [1.54, 1.807) is 16.7 Å². The fourth-order valence-corrected chi connectivity index (χ4v) is 4.29. The van der Waals surface area contributed by atoms with Crippen LogP contribution in [0.25, 0.3) is 5.65 Å². The number of carbonyl (C=O) groups is 2. The highest BCUT2D eigenvalue weighted by molar-refractivity contribution is 6.03. The number of carboxylic acid groups (broad SMARTS) is 1. The molecule has 3 aromatic rings. The molecule has 0 atom stereocenters. The Hall–Kier alpha value is -3.67. The number of anilines is 1. The molecule has 1 aliphatic rings. The van der Waals surface area contributed by atoms with Crippen LogP contribution in [0.15, 0.2) is 36.7 Å². The predicted octanol–water partition coefficient (Wildman–Crippen LogP) is 4.44. The van der Waals surface area contributed by atoms with Gasteiger partial charge in [-0.2, -0.15) is 13.2 Å². The highest BCUT2D eigenvalue weighted by Crippen LogP contribution is 2.32.